The summed E-state index contributed by atoms with van der Waals surface area (Å²) >= 11 is 3.35. The molecule has 7 nitrogen and oxygen atoms in total. The van der Waals surface area contributed by atoms with Gasteiger partial charge in [-0.2, -0.15) is 5.10 Å². The Morgan fingerprint density at radius 1 is 1.32 bits per heavy atom. The van der Waals surface area contributed by atoms with Crippen LogP contribution in [0.25, 0.3) is 0 Å². The molecule has 1 amide bonds. The average molecular weight is 470 g/mol. The van der Waals surface area contributed by atoms with Crippen LogP contribution in [0.1, 0.15) is 38.9 Å². The van der Waals surface area contributed by atoms with Crippen LogP contribution in [0, 0.1) is 0 Å². The van der Waals surface area contributed by atoms with E-state index in [0.29, 0.717) is 18.0 Å². The number of sulfone groups is 1. The Morgan fingerprint density at radius 3 is 2.57 bits per heavy atom. The third kappa shape index (κ3) is 5.14. The lowest BCUT2D eigenvalue weighted by atomic mass is 9.92. The first-order valence-electron chi connectivity index (χ1n) is 9.02. The van der Waals surface area contributed by atoms with Gasteiger partial charge in [-0.25, -0.2) is 13.1 Å². The van der Waals surface area contributed by atoms with Gasteiger partial charge in [0.15, 0.2) is 16.4 Å². The number of carbonyl (C=O) groups excluding carboxylic acids is 1. The molecule has 1 unspecified atom stereocenters. The minimum atomic E-state index is -3.07. The Labute approximate surface area is 173 Å². The first-order chi connectivity index (χ1) is 13.0. The number of amides is 1. The zero-order valence-corrected chi connectivity index (χ0v) is 18.5. The fraction of sp³-hybridized carbons (Fsp3) is 0.474. The Kier molecular flexibility index (Phi) is 5.86. The summed E-state index contributed by atoms with van der Waals surface area (Å²) in [5.41, 5.74) is 0.566. The molecule has 1 saturated heterocycles. The number of aromatic nitrogens is 2. The van der Waals surface area contributed by atoms with E-state index in [9.17, 15) is 13.2 Å². The van der Waals surface area contributed by atoms with E-state index in [1.807, 2.05) is 39.0 Å². The molecule has 0 spiro atoms. The Hall–Kier alpha value is -1.87. The highest BCUT2D eigenvalue weighted by Crippen LogP contribution is 2.30. The molecule has 3 rings (SSSR count). The number of hydrogen-bond acceptors (Lipinski definition) is 5. The van der Waals surface area contributed by atoms with E-state index in [4.69, 9.17) is 4.74 Å². The van der Waals surface area contributed by atoms with Gasteiger partial charge >= 0.3 is 0 Å². The van der Waals surface area contributed by atoms with Crippen LogP contribution >= 0.6 is 15.9 Å². The molecule has 1 aromatic heterocycles. The van der Waals surface area contributed by atoms with Gasteiger partial charge in [0.1, 0.15) is 11.6 Å². The SMILES string of the molecule is CC(C)(C)c1cc(NC(=O)COc2ccc(Br)cc2)n(C2CCS(=O)(=O)C2)n1. The van der Waals surface area contributed by atoms with Crippen molar-refractivity contribution < 1.29 is 17.9 Å². The van der Waals surface area contributed by atoms with Crippen LogP contribution in [0.4, 0.5) is 5.82 Å². The van der Waals surface area contributed by atoms with E-state index in [1.54, 1.807) is 16.8 Å². The maximum Gasteiger partial charge on any atom is 0.263 e. The summed E-state index contributed by atoms with van der Waals surface area (Å²) in [6, 6.07) is 8.73. The summed E-state index contributed by atoms with van der Waals surface area (Å²) in [4.78, 5) is 12.4. The zero-order valence-electron chi connectivity index (χ0n) is 16.1. The van der Waals surface area contributed by atoms with E-state index in [-0.39, 0.29) is 35.5 Å². The van der Waals surface area contributed by atoms with Gasteiger partial charge in [-0.05, 0) is 30.7 Å². The zero-order chi connectivity index (χ0) is 20.5. The van der Waals surface area contributed by atoms with E-state index in [2.05, 4.69) is 26.3 Å². The lowest BCUT2D eigenvalue weighted by Crippen LogP contribution is -2.24. The molecule has 2 aromatic rings. The molecule has 1 atom stereocenters. The summed E-state index contributed by atoms with van der Waals surface area (Å²) in [5, 5.41) is 7.42. The molecule has 0 aliphatic carbocycles. The van der Waals surface area contributed by atoms with Crippen LogP contribution in [0.15, 0.2) is 34.8 Å². The minimum Gasteiger partial charge on any atom is -0.484 e. The van der Waals surface area contributed by atoms with Gasteiger partial charge in [0.2, 0.25) is 0 Å². The van der Waals surface area contributed by atoms with Crippen LogP contribution in [0.3, 0.4) is 0 Å². The highest BCUT2D eigenvalue weighted by atomic mass is 79.9. The van der Waals surface area contributed by atoms with Crippen LogP contribution in [-0.2, 0) is 20.0 Å². The lowest BCUT2D eigenvalue weighted by molar-refractivity contribution is -0.118. The first-order valence-corrected chi connectivity index (χ1v) is 11.6. The summed E-state index contributed by atoms with van der Waals surface area (Å²) in [6.45, 7) is 5.91. The molecule has 0 saturated carbocycles. The van der Waals surface area contributed by atoms with Crippen molar-refractivity contribution in [3.63, 3.8) is 0 Å². The summed E-state index contributed by atoms with van der Waals surface area (Å²) in [5.74, 6) is 0.935. The molecule has 0 bridgehead atoms. The molecule has 9 heteroatoms. The fourth-order valence-corrected chi connectivity index (χ4v) is 4.92. The number of benzene rings is 1. The number of hydrogen-bond donors (Lipinski definition) is 1. The number of rotatable bonds is 5. The predicted molar refractivity (Wildman–Crippen MR) is 112 cm³/mol. The van der Waals surface area contributed by atoms with Crippen molar-refractivity contribution in [2.24, 2.45) is 0 Å². The van der Waals surface area contributed by atoms with Crippen molar-refractivity contribution >= 4 is 37.5 Å². The molecule has 1 fully saturated rings. The van der Waals surface area contributed by atoms with Crippen molar-refractivity contribution in [3.05, 3.63) is 40.5 Å². The number of halogens is 1. The quantitative estimate of drug-likeness (QED) is 0.724. The second-order valence-corrected chi connectivity index (χ2v) is 11.1. The van der Waals surface area contributed by atoms with E-state index in [1.165, 1.54) is 0 Å². The standard InChI is InChI=1S/C19H24BrN3O4S/c1-19(2,3)16-10-17(23(22-16)14-8-9-28(25,26)12-14)21-18(24)11-27-15-6-4-13(20)5-7-15/h4-7,10,14H,8-9,11-12H2,1-3H3,(H,21,24). The Bertz CT molecular complexity index is 962. The van der Waals surface area contributed by atoms with Crippen LogP contribution in [-0.4, -0.2) is 42.2 Å². The van der Waals surface area contributed by atoms with Crippen LogP contribution in [0.5, 0.6) is 5.75 Å². The maximum absolute atomic E-state index is 12.4. The summed E-state index contributed by atoms with van der Waals surface area (Å²) < 4.78 is 31.8. The normalized spacial score (nSPS) is 18.8. The lowest BCUT2D eigenvalue weighted by Gasteiger charge is -2.15. The highest BCUT2D eigenvalue weighted by Gasteiger charge is 2.32. The molecule has 1 aliphatic heterocycles. The topological polar surface area (TPSA) is 90.3 Å². The van der Waals surface area contributed by atoms with Crippen molar-refractivity contribution in [3.8, 4) is 5.75 Å². The van der Waals surface area contributed by atoms with Crippen molar-refractivity contribution in [1.29, 1.82) is 0 Å². The molecule has 1 aliphatic rings. The maximum atomic E-state index is 12.4. The molecule has 152 valence electrons. The number of carbonyl (C=O) groups is 1. The van der Waals surface area contributed by atoms with Crippen LogP contribution < -0.4 is 10.1 Å². The van der Waals surface area contributed by atoms with Crippen molar-refractivity contribution in [2.45, 2.75) is 38.6 Å². The second kappa shape index (κ2) is 7.87. The Balaban J connectivity index is 1.75. The van der Waals surface area contributed by atoms with E-state index < -0.39 is 9.84 Å². The summed E-state index contributed by atoms with van der Waals surface area (Å²) in [6.07, 6.45) is 0.492. The highest BCUT2D eigenvalue weighted by molar-refractivity contribution is 9.10. The average Bonchev–Trinajstić information content (AvgIpc) is 3.17. The molecular weight excluding hydrogens is 446 g/mol. The number of nitrogens with zero attached hydrogens (tertiary/aromatic N) is 2. The van der Waals surface area contributed by atoms with Gasteiger partial charge in [-0.15, -0.1) is 0 Å². The van der Waals surface area contributed by atoms with Gasteiger partial charge < -0.3 is 10.1 Å². The molecule has 28 heavy (non-hydrogen) atoms. The molecular formula is C19H24BrN3O4S. The van der Waals surface area contributed by atoms with Gasteiger partial charge in [0, 0.05) is 16.0 Å². The van der Waals surface area contributed by atoms with E-state index >= 15 is 0 Å². The van der Waals surface area contributed by atoms with Crippen LogP contribution in [0.2, 0.25) is 0 Å². The van der Waals surface area contributed by atoms with Crippen molar-refractivity contribution in [2.75, 3.05) is 23.4 Å². The number of ether oxygens (including phenoxy) is 1. The first kappa shape index (κ1) is 20.9. The second-order valence-electron chi connectivity index (χ2n) is 7.96. The predicted octanol–water partition coefficient (Wildman–Crippen LogP) is 3.32. The molecule has 1 aromatic carbocycles. The third-order valence-corrected chi connectivity index (χ3v) is 6.79. The third-order valence-electron chi connectivity index (χ3n) is 4.51. The van der Waals surface area contributed by atoms with Gasteiger partial charge in [-0.1, -0.05) is 36.7 Å². The Morgan fingerprint density at radius 2 is 2.00 bits per heavy atom. The molecule has 0 radical (unpaired) electrons. The number of anilines is 1. The van der Waals surface area contributed by atoms with Gasteiger partial charge in [0.25, 0.3) is 5.91 Å². The largest absolute Gasteiger partial charge is 0.484 e. The fourth-order valence-electron chi connectivity index (χ4n) is 2.96. The van der Waals surface area contributed by atoms with Crippen molar-refractivity contribution in [1.82, 2.24) is 9.78 Å². The minimum absolute atomic E-state index is 0.0382. The smallest absolute Gasteiger partial charge is 0.263 e. The molecule has 1 N–H and O–H groups in total. The molecule has 2 heterocycles. The van der Waals surface area contributed by atoms with Gasteiger partial charge in [-0.3, -0.25) is 4.79 Å². The van der Waals surface area contributed by atoms with E-state index in [0.717, 1.165) is 10.2 Å². The monoisotopic (exact) mass is 469 g/mol. The van der Waals surface area contributed by atoms with Gasteiger partial charge in [0.05, 0.1) is 23.2 Å². The summed E-state index contributed by atoms with van der Waals surface area (Å²) in [7, 11) is -3.07. The number of nitrogens with one attached hydrogen (secondary N) is 1.